The van der Waals surface area contributed by atoms with Crippen LogP contribution in [0.4, 0.5) is 0 Å². The van der Waals surface area contributed by atoms with Crippen molar-refractivity contribution >= 4 is 5.91 Å². The van der Waals surface area contributed by atoms with Crippen LogP contribution in [0.3, 0.4) is 0 Å². The molecule has 1 rings (SSSR count). The molecule has 4 nitrogen and oxygen atoms in total. The van der Waals surface area contributed by atoms with Crippen LogP contribution in [0.15, 0.2) is 0 Å². The van der Waals surface area contributed by atoms with Gasteiger partial charge in [0.05, 0.1) is 12.1 Å². The summed E-state index contributed by atoms with van der Waals surface area (Å²) in [5.41, 5.74) is 0. The molecule has 2 atom stereocenters. The molecule has 1 aliphatic carbocycles. The molecule has 1 aliphatic rings. The van der Waals surface area contributed by atoms with Gasteiger partial charge in [0.1, 0.15) is 0 Å². The normalized spacial score (nSPS) is 26.1. The molecule has 1 saturated carbocycles. The van der Waals surface area contributed by atoms with Crippen molar-refractivity contribution in [3.8, 4) is 0 Å². The maximum atomic E-state index is 11.6. The molecular formula is C12H23NO3. The zero-order valence-corrected chi connectivity index (χ0v) is 10.1. The van der Waals surface area contributed by atoms with Crippen LogP contribution in [0.1, 0.15) is 44.9 Å². The molecule has 4 heteroatoms. The Hall–Kier alpha value is -0.610. The molecule has 0 aromatic heterocycles. The summed E-state index contributed by atoms with van der Waals surface area (Å²) in [6.45, 7) is 0.612. The standard InChI is InChI=1S/C12H23NO3/c1-16-9-5-8-12(15)13-10-6-3-2-4-7-11(10)14/h10-11,14H,2-9H2,1H3,(H,13,15). The first kappa shape index (κ1) is 13.5. The first-order valence-electron chi connectivity index (χ1n) is 6.20. The maximum Gasteiger partial charge on any atom is 0.220 e. The van der Waals surface area contributed by atoms with Gasteiger partial charge < -0.3 is 15.2 Å². The van der Waals surface area contributed by atoms with Gasteiger partial charge in [0.25, 0.3) is 0 Å². The topological polar surface area (TPSA) is 58.6 Å². The van der Waals surface area contributed by atoms with Crippen molar-refractivity contribution < 1.29 is 14.6 Å². The van der Waals surface area contributed by atoms with Gasteiger partial charge >= 0.3 is 0 Å². The van der Waals surface area contributed by atoms with E-state index < -0.39 is 0 Å². The Labute approximate surface area is 97.4 Å². The van der Waals surface area contributed by atoms with Gasteiger partial charge in [-0.3, -0.25) is 4.79 Å². The molecule has 0 aromatic rings. The maximum absolute atomic E-state index is 11.6. The van der Waals surface area contributed by atoms with Crippen molar-refractivity contribution in [2.45, 2.75) is 57.1 Å². The third-order valence-electron chi connectivity index (χ3n) is 3.08. The summed E-state index contributed by atoms with van der Waals surface area (Å²) in [6, 6.07) is -0.0439. The largest absolute Gasteiger partial charge is 0.391 e. The Balaban J connectivity index is 2.25. The van der Waals surface area contributed by atoms with Crippen molar-refractivity contribution in [3.05, 3.63) is 0 Å². The van der Waals surface area contributed by atoms with E-state index in [0.717, 1.165) is 38.5 Å². The van der Waals surface area contributed by atoms with E-state index >= 15 is 0 Å². The number of aliphatic hydroxyl groups excluding tert-OH is 1. The summed E-state index contributed by atoms with van der Waals surface area (Å²) in [6.07, 6.45) is 5.89. The number of nitrogens with one attached hydrogen (secondary N) is 1. The molecule has 94 valence electrons. The lowest BCUT2D eigenvalue weighted by Gasteiger charge is -2.21. The van der Waals surface area contributed by atoms with Gasteiger partial charge in [-0.1, -0.05) is 19.3 Å². The van der Waals surface area contributed by atoms with E-state index in [1.165, 1.54) is 0 Å². The van der Waals surface area contributed by atoms with E-state index in [0.29, 0.717) is 13.0 Å². The fraction of sp³-hybridized carbons (Fsp3) is 0.917. The van der Waals surface area contributed by atoms with Crippen LogP contribution in [0.5, 0.6) is 0 Å². The van der Waals surface area contributed by atoms with Gasteiger partial charge in [0, 0.05) is 20.1 Å². The van der Waals surface area contributed by atoms with Crippen molar-refractivity contribution in [2.24, 2.45) is 0 Å². The lowest BCUT2D eigenvalue weighted by atomic mass is 10.1. The molecule has 2 unspecified atom stereocenters. The number of aliphatic hydroxyl groups is 1. The molecule has 1 fully saturated rings. The third-order valence-corrected chi connectivity index (χ3v) is 3.08. The van der Waals surface area contributed by atoms with E-state index in [2.05, 4.69) is 5.32 Å². The lowest BCUT2D eigenvalue weighted by molar-refractivity contribution is -0.123. The number of methoxy groups -OCH3 is 1. The highest BCUT2D eigenvalue weighted by atomic mass is 16.5. The number of rotatable bonds is 5. The Morgan fingerprint density at radius 2 is 2.12 bits per heavy atom. The van der Waals surface area contributed by atoms with Gasteiger partial charge in [-0.25, -0.2) is 0 Å². The molecule has 0 radical (unpaired) electrons. The van der Waals surface area contributed by atoms with Crippen molar-refractivity contribution in [2.75, 3.05) is 13.7 Å². The molecule has 0 saturated heterocycles. The van der Waals surface area contributed by atoms with Crippen LogP contribution in [-0.2, 0) is 9.53 Å². The van der Waals surface area contributed by atoms with Crippen LogP contribution in [0, 0.1) is 0 Å². The first-order chi connectivity index (χ1) is 7.74. The van der Waals surface area contributed by atoms with Gasteiger partial charge in [-0.05, 0) is 19.3 Å². The molecule has 2 N–H and O–H groups in total. The molecule has 1 amide bonds. The highest BCUT2D eigenvalue weighted by molar-refractivity contribution is 5.76. The van der Waals surface area contributed by atoms with Crippen molar-refractivity contribution in [1.82, 2.24) is 5.32 Å². The second-order valence-electron chi connectivity index (χ2n) is 4.48. The quantitative estimate of drug-likeness (QED) is 0.550. The Kier molecular flexibility index (Phi) is 6.42. The Morgan fingerprint density at radius 1 is 1.38 bits per heavy atom. The summed E-state index contributed by atoms with van der Waals surface area (Å²) in [5.74, 6) is 0.0306. The van der Waals surface area contributed by atoms with Gasteiger partial charge in [0.15, 0.2) is 0 Å². The molecule has 0 heterocycles. The third kappa shape index (κ3) is 4.94. The summed E-state index contributed by atoms with van der Waals surface area (Å²) >= 11 is 0. The average Bonchev–Trinajstić information content (AvgIpc) is 2.45. The Bertz CT molecular complexity index is 208. The summed E-state index contributed by atoms with van der Waals surface area (Å²) in [5, 5.41) is 12.8. The van der Waals surface area contributed by atoms with Gasteiger partial charge in [-0.15, -0.1) is 0 Å². The van der Waals surface area contributed by atoms with Crippen LogP contribution < -0.4 is 5.32 Å². The van der Waals surface area contributed by atoms with Crippen molar-refractivity contribution in [1.29, 1.82) is 0 Å². The number of amides is 1. The minimum absolute atomic E-state index is 0.0306. The van der Waals surface area contributed by atoms with Gasteiger partial charge in [-0.2, -0.15) is 0 Å². The highest BCUT2D eigenvalue weighted by Crippen LogP contribution is 2.18. The fourth-order valence-electron chi connectivity index (χ4n) is 2.11. The smallest absolute Gasteiger partial charge is 0.220 e. The predicted octanol–water partition coefficient (Wildman–Crippen LogP) is 1.22. The van der Waals surface area contributed by atoms with E-state index in [-0.39, 0.29) is 18.1 Å². The summed E-state index contributed by atoms with van der Waals surface area (Å²) in [7, 11) is 1.63. The molecule has 16 heavy (non-hydrogen) atoms. The Morgan fingerprint density at radius 3 is 2.88 bits per heavy atom. The molecule has 0 spiro atoms. The van der Waals surface area contributed by atoms with E-state index in [1.807, 2.05) is 0 Å². The zero-order valence-electron chi connectivity index (χ0n) is 10.1. The van der Waals surface area contributed by atoms with Crippen molar-refractivity contribution in [3.63, 3.8) is 0 Å². The highest BCUT2D eigenvalue weighted by Gasteiger charge is 2.22. The molecule has 0 bridgehead atoms. The number of hydrogen-bond acceptors (Lipinski definition) is 3. The SMILES string of the molecule is COCCCC(=O)NC1CCCCCC1O. The second-order valence-corrected chi connectivity index (χ2v) is 4.48. The zero-order chi connectivity index (χ0) is 11.8. The number of carbonyl (C=O) groups is 1. The monoisotopic (exact) mass is 229 g/mol. The van der Waals surface area contributed by atoms with Crippen LogP contribution >= 0.6 is 0 Å². The van der Waals surface area contributed by atoms with Gasteiger partial charge in [0.2, 0.25) is 5.91 Å². The van der Waals surface area contributed by atoms with E-state index in [1.54, 1.807) is 7.11 Å². The number of carbonyl (C=O) groups excluding carboxylic acids is 1. The first-order valence-corrected chi connectivity index (χ1v) is 6.20. The minimum Gasteiger partial charge on any atom is -0.391 e. The fourth-order valence-corrected chi connectivity index (χ4v) is 2.11. The minimum atomic E-state index is -0.367. The second kappa shape index (κ2) is 7.63. The summed E-state index contributed by atoms with van der Waals surface area (Å²) in [4.78, 5) is 11.6. The number of hydrogen-bond donors (Lipinski definition) is 2. The van der Waals surface area contributed by atoms with E-state index in [9.17, 15) is 9.90 Å². The van der Waals surface area contributed by atoms with E-state index in [4.69, 9.17) is 4.74 Å². The lowest BCUT2D eigenvalue weighted by Crippen LogP contribution is -2.42. The van der Waals surface area contributed by atoms with Crippen LogP contribution in [0.25, 0.3) is 0 Å². The molecule has 0 aliphatic heterocycles. The van der Waals surface area contributed by atoms with Crippen LogP contribution in [0.2, 0.25) is 0 Å². The number of ether oxygens (including phenoxy) is 1. The predicted molar refractivity (Wildman–Crippen MR) is 62.1 cm³/mol. The molecule has 0 aromatic carbocycles. The average molecular weight is 229 g/mol. The molecular weight excluding hydrogens is 206 g/mol. The summed E-state index contributed by atoms with van der Waals surface area (Å²) < 4.78 is 4.89. The van der Waals surface area contributed by atoms with Crippen LogP contribution in [-0.4, -0.2) is 36.9 Å².